The molecule has 4 nitrogen and oxygen atoms in total. The average molecular weight is 464 g/mol. The second-order valence-electron chi connectivity index (χ2n) is 8.45. The van der Waals surface area contributed by atoms with Crippen molar-refractivity contribution in [1.82, 2.24) is 9.97 Å². The predicted molar refractivity (Wildman–Crippen MR) is 140 cm³/mol. The Hall–Kier alpha value is -3.83. The molecule has 5 aromatic rings. The van der Waals surface area contributed by atoms with Crippen molar-refractivity contribution in [3.63, 3.8) is 0 Å². The number of nitrogens with zero attached hydrogens (tertiary/aromatic N) is 3. The van der Waals surface area contributed by atoms with Gasteiger partial charge in [-0.1, -0.05) is 72.0 Å². The van der Waals surface area contributed by atoms with E-state index in [2.05, 4.69) is 43.1 Å². The zero-order chi connectivity index (χ0) is 23.5. The molecule has 1 amide bonds. The maximum Gasteiger partial charge on any atom is 0.260 e. The van der Waals surface area contributed by atoms with Crippen LogP contribution in [0.15, 0.2) is 91.1 Å². The summed E-state index contributed by atoms with van der Waals surface area (Å²) in [7, 11) is 0. The number of aromatic nitrogens is 2. The Balaban J connectivity index is 1.48. The third-order valence-electron chi connectivity index (χ3n) is 5.91. The van der Waals surface area contributed by atoms with E-state index in [1.807, 2.05) is 60.7 Å². The van der Waals surface area contributed by atoms with Gasteiger partial charge in [-0.3, -0.25) is 14.7 Å². The molecule has 5 rings (SSSR count). The van der Waals surface area contributed by atoms with E-state index in [4.69, 9.17) is 4.98 Å². The number of hydrogen-bond acceptors (Lipinski definition) is 4. The summed E-state index contributed by atoms with van der Waals surface area (Å²) < 4.78 is 1.12. The molecule has 0 fully saturated rings. The monoisotopic (exact) mass is 463 g/mol. The van der Waals surface area contributed by atoms with Gasteiger partial charge in [0.05, 0.1) is 22.5 Å². The van der Waals surface area contributed by atoms with Gasteiger partial charge in [0.15, 0.2) is 5.13 Å². The van der Waals surface area contributed by atoms with E-state index >= 15 is 0 Å². The van der Waals surface area contributed by atoms with Crippen LogP contribution in [0.3, 0.4) is 0 Å². The minimum atomic E-state index is -0.0775. The highest BCUT2D eigenvalue weighted by Crippen LogP contribution is 2.34. The molecule has 168 valence electrons. The van der Waals surface area contributed by atoms with Crippen LogP contribution in [0.5, 0.6) is 0 Å². The minimum Gasteiger partial charge on any atom is -0.278 e. The fourth-order valence-electron chi connectivity index (χ4n) is 4.00. The summed E-state index contributed by atoms with van der Waals surface area (Å²) in [5.74, 6) is -0.0775. The quantitative estimate of drug-likeness (QED) is 0.280. The van der Waals surface area contributed by atoms with Gasteiger partial charge in [-0.05, 0) is 66.8 Å². The number of fused-ring (bicyclic) bond motifs is 1. The zero-order valence-corrected chi connectivity index (χ0v) is 20.0. The molecule has 34 heavy (non-hydrogen) atoms. The third-order valence-corrected chi connectivity index (χ3v) is 7.12. The number of hydrogen-bond donors (Lipinski definition) is 0. The number of thiazole rings is 1. The lowest BCUT2D eigenvalue weighted by atomic mass is 10.0. The van der Waals surface area contributed by atoms with E-state index in [0.29, 0.717) is 17.2 Å². The maximum absolute atomic E-state index is 13.7. The van der Waals surface area contributed by atoms with E-state index in [9.17, 15) is 4.79 Å². The van der Waals surface area contributed by atoms with Crippen molar-refractivity contribution >= 4 is 32.6 Å². The molecule has 0 saturated heterocycles. The first-order valence-electron chi connectivity index (χ1n) is 11.3. The highest BCUT2D eigenvalue weighted by Gasteiger charge is 2.23. The highest BCUT2D eigenvalue weighted by molar-refractivity contribution is 7.22. The SMILES string of the molecule is Cc1ccc(C)c2sc(N(Cc3ccccn3)C(=O)c3ccc(Cc4ccccc4)cc3)nc12. The largest absolute Gasteiger partial charge is 0.278 e. The number of rotatable bonds is 6. The van der Waals surface area contributed by atoms with Crippen molar-refractivity contribution in [2.75, 3.05) is 4.90 Å². The molecule has 0 saturated carbocycles. The second kappa shape index (κ2) is 9.57. The number of benzene rings is 3. The van der Waals surface area contributed by atoms with E-state index in [0.717, 1.165) is 27.9 Å². The van der Waals surface area contributed by atoms with Crippen molar-refractivity contribution in [3.8, 4) is 0 Å². The van der Waals surface area contributed by atoms with Gasteiger partial charge >= 0.3 is 0 Å². The molecule has 2 heterocycles. The first-order valence-corrected chi connectivity index (χ1v) is 12.1. The molecule has 0 radical (unpaired) electrons. The van der Waals surface area contributed by atoms with Gasteiger partial charge in [-0.15, -0.1) is 0 Å². The minimum absolute atomic E-state index is 0.0775. The van der Waals surface area contributed by atoms with Crippen molar-refractivity contribution in [2.24, 2.45) is 0 Å². The van der Waals surface area contributed by atoms with Gasteiger partial charge in [-0.2, -0.15) is 0 Å². The van der Waals surface area contributed by atoms with Crippen LogP contribution < -0.4 is 4.90 Å². The Morgan fingerprint density at radius 2 is 1.53 bits per heavy atom. The van der Waals surface area contributed by atoms with Gasteiger partial charge in [0, 0.05) is 11.8 Å². The predicted octanol–water partition coefficient (Wildman–Crippen LogP) is 6.75. The summed E-state index contributed by atoms with van der Waals surface area (Å²) >= 11 is 1.56. The van der Waals surface area contributed by atoms with Crippen LogP contribution in [0.2, 0.25) is 0 Å². The van der Waals surface area contributed by atoms with Gasteiger partial charge in [0.1, 0.15) is 0 Å². The lowest BCUT2D eigenvalue weighted by Gasteiger charge is -2.20. The Morgan fingerprint density at radius 1 is 0.824 bits per heavy atom. The molecule has 0 N–H and O–H groups in total. The molecule has 0 spiro atoms. The Kier molecular flexibility index (Phi) is 6.19. The molecule has 0 unspecified atom stereocenters. The van der Waals surface area contributed by atoms with Gasteiger partial charge in [0.2, 0.25) is 0 Å². The number of pyridine rings is 1. The van der Waals surface area contributed by atoms with Crippen LogP contribution in [0.1, 0.15) is 38.3 Å². The van der Waals surface area contributed by atoms with Crippen LogP contribution >= 0.6 is 11.3 Å². The average Bonchev–Trinajstić information content (AvgIpc) is 3.33. The molecule has 0 aliphatic carbocycles. The van der Waals surface area contributed by atoms with Crippen LogP contribution in [0.4, 0.5) is 5.13 Å². The van der Waals surface area contributed by atoms with E-state index in [1.165, 1.54) is 16.7 Å². The van der Waals surface area contributed by atoms with Crippen LogP contribution in [0, 0.1) is 13.8 Å². The topological polar surface area (TPSA) is 46.1 Å². The lowest BCUT2D eigenvalue weighted by molar-refractivity contribution is 0.0985. The van der Waals surface area contributed by atoms with Crippen molar-refractivity contribution in [2.45, 2.75) is 26.8 Å². The molecule has 3 aromatic carbocycles. The van der Waals surface area contributed by atoms with E-state index in [1.54, 1.807) is 22.4 Å². The number of anilines is 1. The standard InChI is InChI=1S/C29H25N3OS/c1-20-11-12-21(2)27-26(20)31-29(34-27)32(19-25-10-6-7-17-30-25)28(33)24-15-13-23(14-16-24)18-22-8-4-3-5-9-22/h3-17H,18-19H2,1-2H3. The molecule has 0 aliphatic rings. The molecule has 2 aromatic heterocycles. The van der Waals surface area contributed by atoms with Crippen LogP contribution in [-0.2, 0) is 13.0 Å². The highest BCUT2D eigenvalue weighted by atomic mass is 32.1. The van der Waals surface area contributed by atoms with Gasteiger partial charge in [0.25, 0.3) is 5.91 Å². The Morgan fingerprint density at radius 3 is 2.24 bits per heavy atom. The summed E-state index contributed by atoms with van der Waals surface area (Å²) in [6, 6.07) is 28.2. The lowest BCUT2D eigenvalue weighted by Crippen LogP contribution is -2.30. The molecule has 0 atom stereocenters. The number of aryl methyl sites for hydroxylation is 2. The third kappa shape index (κ3) is 4.61. The van der Waals surface area contributed by atoms with Crippen molar-refractivity contribution in [1.29, 1.82) is 0 Å². The summed E-state index contributed by atoms with van der Waals surface area (Å²) in [5.41, 5.74) is 7.11. The molecular weight excluding hydrogens is 438 g/mol. The first kappa shape index (κ1) is 22.0. The van der Waals surface area contributed by atoms with Gasteiger partial charge < -0.3 is 0 Å². The fourth-order valence-corrected chi connectivity index (χ4v) is 5.11. The van der Waals surface area contributed by atoms with Crippen molar-refractivity contribution < 1.29 is 4.79 Å². The molecule has 0 aliphatic heterocycles. The van der Waals surface area contributed by atoms with E-state index in [-0.39, 0.29) is 5.91 Å². The Labute approximate surface area is 203 Å². The summed E-state index contributed by atoms with van der Waals surface area (Å²) in [4.78, 5) is 24.8. The Bertz CT molecular complexity index is 1390. The number of amides is 1. The van der Waals surface area contributed by atoms with Crippen LogP contribution in [0.25, 0.3) is 10.2 Å². The first-order chi connectivity index (χ1) is 16.6. The summed E-state index contributed by atoms with van der Waals surface area (Å²) in [6.07, 6.45) is 2.59. The normalized spacial score (nSPS) is 11.0. The smallest absolute Gasteiger partial charge is 0.260 e. The van der Waals surface area contributed by atoms with Crippen molar-refractivity contribution in [3.05, 3.63) is 125 Å². The van der Waals surface area contributed by atoms with Crippen LogP contribution in [-0.4, -0.2) is 15.9 Å². The molecular formula is C29H25N3OS. The van der Waals surface area contributed by atoms with E-state index < -0.39 is 0 Å². The fraction of sp³-hybridized carbons (Fsp3) is 0.138. The summed E-state index contributed by atoms with van der Waals surface area (Å²) in [5, 5.41) is 0.691. The zero-order valence-electron chi connectivity index (χ0n) is 19.2. The molecule has 0 bridgehead atoms. The number of carbonyl (C=O) groups excluding carboxylic acids is 1. The second-order valence-corrected chi connectivity index (χ2v) is 9.42. The van der Waals surface area contributed by atoms with Gasteiger partial charge in [-0.25, -0.2) is 4.98 Å². The maximum atomic E-state index is 13.7. The summed E-state index contributed by atoms with van der Waals surface area (Å²) in [6.45, 7) is 4.51. The number of carbonyl (C=O) groups is 1. The molecule has 5 heteroatoms.